The molecule has 0 bridgehead atoms. The van der Waals surface area contributed by atoms with Gasteiger partial charge in [-0.3, -0.25) is 0 Å². The number of benzene rings is 2. The molecule has 0 amide bonds. The van der Waals surface area contributed by atoms with E-state index in [-0.39, 0.29) is 5.75 Å². The first-order chi connectivity index (χ1) is 9.81. The van der Waals surface area contributed by atoms with Crippen LogP contribution in [0.5, 0.6) is 5.75 Å². The van der Waals surface area contributed by atoms with Crippen molar-refractivity contribution >= 4 is 5.69 Å². The number of aromatic hydroxyl groups is 1. The van der Waals surface area contributed by atoms with E-state index in [2.05, 4.69) is 25.9 Å². The molecule has 3 rings (SSSR count). The predicted molar refractivity (Wildman–Crippen MR) is 75.0 cm³/mol. The molecule has 100 valence electrons. The molecule has 2 aromatic carbocycles. The summed E-state index contributed by atoms with van der Waals surface area (Å²) in [7, 11) is 0. The molecular formula is C14H13N5O. The second-order valence-electron chi connectivity index (χ2n) is 4.34. The number of rotatable bonds is 4. The highest BCUT2D eigenvalue weighted by atomic mass is 16.3. The van der Waals surface area contributed by atoms with Gasteiger partial charge >= 0.3 is 0 Å². The van der Waals surface area contributed by atoms with Crippen LogP contribution in [-0.2, 0) is 6.54 Å². The topological polar surface area (TPSA) is 86.7 Å². The maximum atomic E-state index is 9.24. The molecule has 0 aliphatic heterocycles. The summed E-state index contributed by atoms with van der Waals surface area (Å²) in [5, 5.41) is 26.4. The summed E-state index contributed by atoms with van der Waals surface area (Å²) in [4.78, 5) is 0. The van der Waals surface area contributed by atoms with Gasteiger partial charge in [0.25, 0.3) is 0 Å². The lowest BCUT2D eigenvalue weighted by atomic mass is 10.1. The molecule has 0 atom stereocenters. The van der Waals surface area contributed by atoms with Gasteiger partial charge in [0, 0.05) is 17.8 Å². The first-order valence-corrected chi connectivity index (χ1v) is 6.17. The number of anilines is 1. The monoisotopic (exact) mass is 267 g/mol. The second-order valence-corrected chi connectivity index (χ2v) is 4.34. The largest absolute Gasteiger partial charge is 0.508 e. The van der Waals surface area contributed by atoms with Crippen LogP contribution in [0.4, 0.5) is 5.69 Å². The zero-order chi connectivity index (χ0) is 13.8. The van der Waals surface area contributed by atoms with Gasteiger partial charge in [-0.1, -0.05) is 24.3 Å². The van der Waals surface area contributed by atoms with Crippen LogP contribution >= 0.6 is 0 Å². The van der Waals surface area contributed by atoms with E-state index in [1.165, 1.54) is 0 Å². The maximum Gasteiger partial charge on any atom is 0.204 e. The molecule has 1 heterocycles. The zero-order valence-corrected chi connectivity index (χ0v) is 10.6. The Bertz CT molecular complexity index is 679. The SMILES string of the molecule is Oc1ccc(CNc2cccc(-c3nn[nH]n3)c2)cc1. The summed E-state index contributed by atoms with van der Waals surface area (Å²) < 4.78 is 0. The van der Waals surface area contributed by atoms with E-state index in [0.717, 1.165) is 16.8 Å². The number of phenolic OH excluding ortho intramolecular Hbond substituents is 1. The van der Waals surface area contributed by atoms with Gasteiger partial charge in [-0.15, -0.1) is 10.2 Å². The highest BCUT2D eigenvalue weighted by Crippen LogP contribution is 2.19. The Morgan fingerprint density at radius 1 is 1.10 bits per heavy atom. The summed E-state index contributed by atoms with van der Waals surface area (Å²) in [6, 6.07) is 14.9. The summed E-state index contributed by atoms with van der Waals surface area (Å²) >= 11 is 0. The third kappa shape index (κ3) is 2.74. The Morgan fingerprint density at radius 3 is 2.70 bits per heavy atom. The van der Waals surface area contributed by atoms with Crippen LogP contribution in [0.1, 0.15) is 5.56 Å². The van der Waals surface area contributed by atoms with Crippen LogP contribution in [0, 0.1) is 0 Å². The molecule has 0 unspecified atom stereocenters. The summed E-state index contributed by atoms with van der Waals surface area (Å²) in [5.41, 5.74) is 2.96. The number of phenols is 1. The van der Waals surface area contributed by atoms with Gasteiger partial charge in [-0.2, -0.15) is 5.21 Å². The second kappa shape index (κ2) is 5.40. The summed E-state index contributed by atoms with van der Waals surface area (Å²) in [6.45, 7) is 0.677. The van der Waals surface area contributed by atoms with Crippen molar-refractivity contribution in [3.05, 3.63) is 54.1 Å². The zero-order valence-electron chi connectivity index (χ0n) is 10.6. The number of tetrazole rings is 1. The van der Waals surface area contributed by atoms with E-state index in [4.69, 9.17) is 0 Å². The number of aromatic nitrogens is 4. The standard InChI is InChI=1S/C14H13N5O/c20-13-6-4-10(5-7-13)9-15-12-3-1-2-11(8-12)14-16-18-19-17-14/h1-8,15,20H,9H2,(H,16,17,18,19). The predicted octanol–water partition coefficient (Wildman–Crippen LogP) is 2.18. The molecule has 20 heavy (non-hydrogen) atoms. The first kappa shape index (κ1) is 12.2. The molecule has 0 saturated heterocycles. The minimum absolute atomic E-state index is 0.271. The Balaban J connectivity index is 1.72. The molecule has 6 nitrogen and oxygen atoms in total. The Labute approximate surface area is 115 Å². The van der Waals surface area contributed by atoms with Crippen LogP contribution in [0.25, 0.3) is 11.4 Å². The van der Waals surface area contributed by atoms with E-state index < -0.39 is 0 Å². The van der Waals surface area contributed by atoms with E-state index in [9.17, 15) is 5.11 Å². The van der Waals surface area contributed by atoms with E-state index in [1.54, 1.807) is 12.1 Å². The highest BCUT2D eigenvalue weighted by molar-refractivity contribution is 5.61. The van der Waals surface area contributed by atoms with E-state index >= 15 is 0 Å². The van der Waals surface area contributed by atoms with Gasteiger partial charge in [-0.25, -0.2) is 0 Å². The molecule has 0 aliphatic rings. The molecule has 0 radical (unpaired) electrons. The Morgan fingerprint density at radius 2 is 1.95 bits per heavy atom. The van der Waals surface area contributed by atoms with Gasteiger partial charge in [0.05, 0.1) is 0 Å². The molecular weight excluding hydrogens is 254 g/mol. The van der Waals surface area contributed by atoms with Crippen LogP contribution in [-0.4, -0.2) is 25.7 Å². The molecule has 3 aromatic rings. The van der Waals surface area contributed by atoms with Crippen molar-refractivity contribution < 1.29 is 5.11 Å². The fourth-order valence-corrected chi connectivity index (χ4v) is 1.87. The number of aromatic amines is 1. The average molecular weight is 267 g/mol. The molecule has 3 N–H and O–H groups in total. The third-order valence-electron chi connectivity index (χ3n) is 2.90. The summed E-state index contributed by atoms with van der Waals surface area (Å²) in [5.74, 6) is 0.839. The van der Waals surface area contributed by atoms with Crippen LogP contribution in [0.2, 0.25) is 0 Å². The quantitative estimate of drug-likeness (QED) is 0.674. The van der Waals surface area contributed by atoms with Crippen molar-refractivity contribution in [3.63, 3.8) is 0 Å². The third-order valence-corrected chi connectivity index (χ3v) is 2.90. The average Bonchev–Trinajstić information content (AvgIpc) is 3.01. The smallest absolute Gasteiger partial charge is 0.204 e. The molecule has 0 saturated carbocycles. The van der Waals surface area contributed by atoms with Gasteiger partial charge in [-0.05, 0) is 35.0 Å². The fourth-order valence-electron chi connectivity index (χ4n) is 1.87. The van der Waals surface area contributed by atoms with Crippen LogP contribution in [0.3, 0.4) is 0 Å². The lowest BCUT2D eigenvalue weighted by Crippen LogP contribution is -1.99. The molecule has 1 aromatic heterocycles. The van der Waals surface area contributed by atoms with Crippen molar-refractivity contribution in [1.29, 1.82) is 0 Å². The number of hydrogen-bond acceptors (Lipinski definition) is 5. The number of nitrogens with zero attached hydrogens (tertiary/aromatic N) is 3. The summed E-state index contributed by atoms with van der Waals surface area (Å²) in [6.07, 6.45) is 0. The highest BCUT2D eigenvalue weighted by Gasteiger charge is 2.03. The lowest BCUT2D eigenvalue weighted by molar-refractivity contribution is 0.475. The van der Waals surface area contributed by atoms with Gasteiger partial charge in [0.15, 0.2) is 0 Å². The normalized spacial score (nSPS) is 10.4. The number of hydrogen-bond donors (Lipinski definition) is 3. The van der Waals surface area contributed by atoms with Gasteiger partial charge in [0.1, 0.15) is 5.75 Å². The van der Waals surface area contributed by atoms with E-state index in [1.807, 2.05) is 36.4 Å². The Hall–Kier alpha value is -2.89. The van der Waals surface area contributed by atoms with Gasteiger partial charge in [0.2, 0.25) is 5.82 Å². The minimum Gasteiger partial charge on any atom is -0.508 e. The lowest BCUT2D eigenvalue weighted by Gasteiger charge is -2.07. The van der Waals surface area contributed by atoms with Crippen molar-refractivity contribution in [1.82, 2.24) is 20.6 Å². The van der Waals surface area contributed by atoms with Gasteiger partial charge < -0.3 is 10.4 Å². The van der Waals surface area contributed by atoms with Crippen LogP contribution < -0.4 is 5.32 Å². The number of H-pyrrole nitrogens is 1. The number of nitrogens with one attached hydrogen (secondary N) is 2. The van der Waals surface area contributed by atoms with Crippen LogP contribution in [0.15, 0.2) is 48.5 Å². The van der Waals surface area contributed by atoms with Crippen molar-refractivity contribution in [2.75, 3.05) is 5.32 Å². The maximum absolute atomic E-state index is 9.24. The molecule has 0 fully saturated rings. The molecule has 0 spiro atoms. The molecule has 0 aliphatic carbocycles. The van der Waals surface area contributed by atoms with E-state index in [0.29, 0.717) is 12.4 Å². The van der Waals surface area contributed by atoms with Crippen molar-refractivity contribution in [2.24, 2.45) is 0 Å². The van der Waals surface area contributed by atoms with Crippen molar-refractivity contribution in [3.8, 4) is 17.1 Å². The first-order valence-electron chi connectivity index (χ1n) is 6.17. The van der Waals surface area contributed by atoms with Crippen molar-refractivity contribution in [2.45, 2.75) is 6.54 Å². The molecule has 6 heteroatoms. The fraction of sp³-hybridized carbons (Fsp3) is 0.0714. The Kier molecular flexibility index (Phi) is 3.28. The minimum atomic E-state index is 0.271.